The Kier molecular flexibility index (Phi) is 7.68. The molecule has 3 rings (SSSR count). The smallest absolute Gasteiger partial charge is 0.411 e. The first kappa shape index (κ1) is 22.8. The number of hydrogen-bond donors (Lipinski definition) is 2. The maximum absolute atomic E-state index is 13.3. The fraction of sp³-hybridized carbons (Fsp3) is 0.348. The van der Waals surface area contributed by atoms with Crippen molar-refractivity contribution in [2.24, 2.45) is 5.92 Å². The highest BCUT2D eigenvalue weighted by Gasteiger charge is 2.35. The third-order valence-electron chi connectivity index (χ3n) is 4.87. The molecule has 0 aliphatic carbocycles. The second-order valence-corrected chi connectivity index (χ2v) is 8.73. The molecule has 164 valence electrons. The topological polar surface area (TPSA) is 87.7 Å². The van der Waals surface area contributed by atoms with Crippen molar-refractivity contribution in [3.8, 4) is 0 Å². The van der Waals surface area contributed by atoms with E-state index in [2.05, 4.69) is 26.6 Å². The summed E-state index contributed by atoms with van der Waals surface area (Å²) >= 11 is 3.37. The number of hydrogen-bond acceptors (Lipinski definition) is 4. The SMILES string of the molecule is CC(C)COC(=O)Nc1ccccc1C(=O)N1CCC[C@H]1C(=O)Nc1ccc(Br)cc1. The zero-order chi connectivity index (χ0) is 22.4. The minimum atomic E-state index is -0.611. The molecule has 1 aliphatic rings. The molecule has 1 fully saturated rings. The fourth-order valence-electron chi connectivity index (χ4n) is 3.36. The quantitative estimate of drug-likeness (QED) is 0.606. The van der Waals surface area contributed by atoms with Gasteiger partial charge in [-0.2, -0.15) is 0 Å². The van der Waals surface area contributed by atoms with Gasteiger partial charge in [-0.25, -0.2) is 4.79 Å². The van der Waals surface area contributed by atoms with Crippen molar-refractivity contribution in [3.05, 3.63) is 58.6 Å². The van der Waals surface area contributed by atoms with Gasteiger partial charge in [0.2, 0.25) is 5.91 Å². The van der Waals surface area contributed by atoms with Crippen LogP contribution in [-0.2, 0) is 9.53 Å². The molecule has 2 aromatic rings. The number of anilines is 2. The lowest BCUT2D eigenvalue weighted by molar-refractivity contribution is -0.119. The van der Waals surface area contributed by atoms with E-state index in [-0.39, 0.29) is 24.3 Å². The molecule has 3 amide bonds. The van der Waals surface area contributed by atoms with Crippen LogP contribution in [0.25, 0.3) is 0 Å². The molecule has 0 spiro atoms. The summed E-state index contributed by atoms with van der Waals surface area (Å²) in [6, 6.07) is 13.5. The molecule has 2 aromatic carbocycles. The Morgan fingerprint density at radius 1 is 1.10 bits per heavy atom. The average molecular weight is 488 g/mol. The molecule has 1 atom stereocenters. The summed E-state index contributed by atoms with van der Waals surface area (Å²) in [5, 5.41) is 5.52. The van der Waals surface area contributed by atoms with Crippen LogP contribution < -0.4 is 10.6 Å². The molecular weight excluding hydrogens is 462 g/mol. The largest absolute Gasteiger partial charge is 0.449 e. The van der Waals surface area contributed by atoms with Gasteiger partial charge in [-0.15, -0.1) is 0 Å². The van der Waals surface area contributed by atoms with E-state index in [1.165, 1.54) is 0 Å². The van der Waals surface area contributed by atoms with Crippen molar-refractivity contribution in [1.29, 1.82) is 0 Å². The normalized spacial score (nSPS) is 15.6. The molecule has 2 N–H and O–H groups in total. The third kappa shape index (κ3) is 6.07. The lowest BCUT2D eigenvalue weighted by atomic mass is 10.1. The summed E-state index contributed by atoms with van der Waals surface area (Å²) in [6.07, 6.45) is 0.705. The molecule has 0 radical (unpaired) electrons. The van der Waals surface area contributed by atoms with Crippen LogP contribution in [-0.4, -0.2) is 42.0 Å². The number of halogens is 1. The summed E-state index contributed by atoms with van der Waals surface area (Å²) in [4.78, 5) is 39.8. The first-order valence-electron chi connectivity index (χ1n) is 10.3. The van der Waals surface area contributed by atoms with Crippen LogP contribution >= 0.6 is 15.9 Å². The summed E-state index contributed by atoms with van der Waals surface area (Å²) < 4.78 is 6.08. The fourth-order valence-corrected chi connectivity index (χ4v) is 3.63. The van der Waals surface area contributed by atoms with Gasteiger partial charge in [0.05, 0.1) is 17.9 Å². The number of ether oxygens (including phenoxy) is 1. The molecule has 31 heavy (non-hydrogen) atoms. The van der Waals surface area contributed by atoms with E-state index in [1.807, 2.05) is 26.0 Å². The van der Waals surface area contributed by atoms with Crippen LogP contribution in [0.3, 0.4) is 0 Å². The van der Waals surface area contributed by atoms with E-state index in [1.54, 1.807) is 41.3 Å². The molecule has 1 saturated heterocycles. The second kappa shape index (κ2) is 10.4. The monoisotopic (exact) mass is 487 g/mol. The Labute approximate surface area is 190 Å². The zero-order valence-electron chi connectivity index (χ0n) is 17.6. The van der Waals surface area contributed by atoms with Gasteiger partial charge in [0, 0.05) is 16.7 Å². The van der Waals surface area contributed by atoms with E-state index >= 15 is 0 Å². The Morgan fingerprint density at radius 2 is 1.81 bits per heavy atom. The molecule has 1 heterocycles. The standard InChI is InChI=1S/C23H26BrN3O4/c1-15(2)14-31-23(30)26-19-7-4-3-6-18(19)22(29)27-13-5-8-20(27)21(28)25-17-11-9-16(24)10-12-17/h3-4,6-7,9-12,15,20H,5,8,13-14H2,1-2H3,(H,25,28)(H,26,30)/t20-/m0/s1. The number of nitrogens with one attached hydrogen (secondary N) is 2. The van der Waals surface area contributed by atoms with Crippen LogP contribution in [0.5, 0.6) is 0 Å². The Bertz CT molecular complexity index is 946. The predicted molar refractivity (Wildman–Crippen MR) is 123 cm³/mol. The van der Waals surface area contributed by atoms with Crippen LogP contribution in [0.1, 0.15) is 37.0 Å². The lowest BCUT2D eigenvalue weighted by Gasteiger charge is -2.25. The van der Waals surface area contributed by atoms with Gasteiger partial charge in [-0.05, 0) is 55.2 Å². The molecule has 1 aliphatic heterocycles. The number of nitrogens with zero attached hydrogens (tertiary/aromatic N) is 1. The van der Waals surface area contributed by atoms with Gasteiger partial charge >= 0.3 is 6.09 Å². The molecular formula is C23H26BrN3O4. The highest BCUT2D eigenvalue weighted by molar-refractivity contribution is 9.10. The van der Waals surface area contributed by atoms with Crippen molar-refractivity contribution >= 4 is 45.2 Å². The lowest BCUT2D eigenvalue weighted by Crippen LogP contribution is -2.43. The number of benzene rings is 2. The van der Waals surface area contributed by atoms with Crippen LogP contribution in [0.2, 0.25) is 0 Å². The summed E-state index contributed by atoms with van der Waals surface area (Å²) in [6.45, 7) is 4.64. The van der Waals surface area contributed by atoms with Crippen LogP contribution in [0, 0.1) is 5.92 Å². The number of likely N-dealkylation sites (tertiary alicyclic amines) is 1. The average Bonchev–Trinajstić information content (AvgIpc) is 3.24. The molecule has 0 bridgehead atoms. The van der Waals surface area contributed by atoms with Gasteiger partial charge < -0.3 is 15.0 Å². The number of carbonyl (C=O) groups is 3. The highest BCUT2D eigenvalue weighted by Crippen LogP contribution is 2.25. The minimum absolute atomic E-state index is 0.206. The van der Waals surface area contributed by atoms with E-state index < -0.39 is 12.1 Å². The van der Waals surface area contributed by atoms with Gasteiger partial charge in [-0.1, -0.05) is 41.9 Å². The van der Waals surface area contributed by atoms with E-state index in [9.17, 15) is 14.4 Å². The summed E-state index contributed by atoms with van der Waals surface area (Å²) in [5.74, 6) is -0.319. The number of carbonyl (C=O) groups excluding carboxylic acids is 3. The number of para-hydroxylation sites is 1. The summed E-state index contributed by atoms with van der Waals surface area (Å²) in [7, 11) is 0. The Balaban J connectivity index is 1.72. The molecule has 8 heteroatoms. The van der Waals surface area contributed by atoms with Crippen LogP contribution in [0.4, 0.5) is 16.2 Å². The zero-order valence-corrected chi connectivity index (χ0v) is 19.1. The van der Waals surface area contributed by atoms with E-state index in [4.69, 9.17) is 4.74 Å². The van der Waals surface area contributed by atoms with Gasteiger partial charge in [0.1, 0.15) is 6.04 Å². The Hall–Kier alpha value is -2.87. The molecule has 0 aromatic heterocycles. The second-order valence-electron chi connectivity index (χ2n) is 7.82. The minimum Gasteiger partial charge on any atom is -0.449 e. The van der Waals surface area contributed by atoms with E-state index in [0.29, 0.717) is 29.9 Å². The highest BCUT2D eigenvalue weighted by atomic mass is 79.9. The molecule has 0 saturated carbocycles. The van der Waals surface area contributed by atoms with Crippen molar-refractivity contribution in [2.75, 3.05) is 23.8 Å². The number of amides is 3. The van der Waals surface area contributed by atoms with Gasteiger partial charge in [-0.3, -0.25) is 14.9 Å². The molecule has 7 nitrogen and oxygen atoms in total. The number of rotatable bonds is 6. The molecule has 0 unspecified atom stereocenters. The van der Waals surface area contributed by atoms with Crippen molar-refractivity contribution in [3.63, 3.8) is 0 Å². The first-order chi connectivity index (χ1) is 14.8. The van der Waals surface area contributed by atoms with Gasteiger partial charge in [0.15, 0.2) is 0 Å². The van der Waals surface area contributed by atoms with Crippen molar-refractivity contribution in [1.82, 2.24) is 4.90 Å². The van der Waals surface area contributed by atoms with Crippen LogP contribution in [0.15, 0.2) is 53.0 Å². The maximum Gasteiger partial charge on any atom is 0.411 e. The third-order valence-corrected chi connectivity index (χ3v) is 5.40. The van der Waals surface area contributed by atoms with Crippen molar-refractivity contribution < 1.29 is 19.1 Å². The first-order valence-corrected chi connectivity index (χ1v) is 11.0. The summed E-state index contributed by atoms with van der Waals surface area (Å²) in [5.41, 5.74) is 1.36. The predicted octanol–water partition coefficient (Wildman–Crippen LogP) is 4.90. The maximum atomic E-state index is 13.3. The van der Waals surface area contributed by atoms with Crippen molar-refractivity contribution in [2.45, 2.75) is 32.7 Å². The van der Waals surface area contributed by atoms with Gasteiger partial charge in [0.25, 0.3) is 5.91 Å². The van der Waals surface area contributed by atoms with E-state index in [0.717, 1.165) is 10.9 Å². The Morgan fingerprint density at radius 3 is 2.52 bits per heavy atom.